The van der Waals surface area contributed by atoms with Crippen LogP contribution in [0.2, 0.25) is 0 Å². The van der Waals surface area contributed by atoms with Crippen molar-refractivity contribution < 1.29 is 4.39 Å². The van der Waals surface area contributed by atoms with Gasteiger partial charge < -0.3 is 5.73 Å². The summed E-state index contributed by atoms with van der Waals surface area (Å²) in [4.78, 5) is 0. The van der Waals surface area contributed by atoms with E-state index in [0.29, 0.717) is 10.4 Å². The Morgan fingerprint density at radius 3 is 2.93 bits per heavy atom. The first kappa shape index (κ1) is 11.1. The molecule has 0 spiro atoms. The summed E-state index contributed by atoms with van der Waals surface area (Å²) in [5.74, 6) is 0.343. The lowest BCUT2D eigenvalue weighted by molar-refractivity contribution is 0.578. The van der Waals surface area contributed by atoms with Crippen molar-refractivity contribution in [3.05, 3.63) is 34.1 Å². The first-order chi connectivity index (χ1) is 7.08. The van der Waals surface area contributed by atoms with E-state index >= 15 is 0 Å². The quantitative estimate of drug-likeness (QED) is 0.894. The van der Waals surface area contributed by atoms with E-state index in [1.54, 1.807) is 6.07 Å². The third-order valence-corrected chi connectivity index (χ3v) is 3.85. The molecule has 0 amide bonds. The van der Waals surface area contributed by atoms with Crippen LogP contribution < -0.4 is 5.73 Å². The van der Waals surface area contributed by atoms with Gasteiger partial charge >= 0.3 is 0 Å². The minimum Gasteiger partial charge on any atom is -0.321 e. The van der Waals surface area contributed by atoms with Crippen LogP contribution in [0, 0.1) is 11.7 Å². The smallest absolute Gasteiger partial charge is 0.137 e. The van der Waals surface area contributed by atoms with Crippen LogP contribution in [-0.2, 0) is 5.54 Å². The van der Waals surface area contributed by atoms with E-state index in [1.165, 1.54) is 6.07 Å². The predicted octanol–water partition coefficient (Wildman–Crippen LogP) is 3.56. The first-order valence-electron chi connectivity index (χ1n) is 5.32. The summed E-state index contributed by atoms with van der Waals surface area (Å²) in [5.41, 5.74) is 7.12. The molecular weight excluding hydrogens is 257 g/mol. The van der Waals surface area contributed by atoms with Crippen molar-refractivity contribution in [2.24, 2.45) is 11.7 Å². The normalized spacial score (nSPS) is 29.2. The molecule has 1 nitrogen and oxygen atoms in total. The summed E-state index contributed by atoms with van der Waals surface area (Å²) in [6.07, 6.45) is 3.34. The maximum absolute atomic E-state index is 13.1. The van der Waals surface area contributed by atoms with Crippen LogP contribution in [0.15, 0.2) is 22.7 Å². The number of rotatable bonds is 3. The summed E-state index contributed by atoms with van der Waals surface area (Å²) >= 11 is 3.19. The molecule has 0 bridgehead atoms. The molecule has 0 radical (unpaired) electrons. The van der Waals surface area contributed by atoms with Crippen molar-refractivity contribution in [3.8, 4) is 0 Å². The molecule has 0 aromatic heterocycles. The van der Waals surface area contributed by atoms with Crippen molar-refractivity contribution in [3.63, 3.8) is 0 Å². The van der Waals surface area contributed by atoms with Crippen molar-refractivity contribution in [1.82, 2.24) is 0 Å². The summed E-state index contributed by atoms with van der Waals surface area (Å²) in [7, 11) is 0. The Morgan fingerprint density at radius 2 is 2.33 bits per heavy atom. The van der Waals surface area contributed by atoms with E-state index in [0.717, 1.165) is 24.8 Å². The Hall–Kier alpha value is -0.410. The van der Waals surface area contributed by atoms with Gasteiger partial charge in [-0.25, -0.2) is 4.39 Å². The Labute approximate surface area is 98.0 Å². The van der Waals surface area contributed by atoms with Crippen molar-refractivity contribution >= 4 is 15.9 Å². The molecule has 2 N–H and O–H groups in total. The number of hydrogen-bond donors (Lipinski definition) is 1. The lowest BCUT2D eigenvalue weighted by Crippen LogP contribution is -2.22. The minimum atomic E-state index is -0.227. The average molecular weight is 272 g/mol. The van der Waals surface area contributed by atoms with E-state index in [-0.39, 0.29) is 11.4 Å². The molecule has 3 heteroatoms. The molecule has 0 saturated heterocycles. The molecule has 1 aromatic rings. The largest absolute Gasteiger partial charge is 0.321 e. The highest BCUT2D eigenvalue weighted by Crippen LogP contribution is 2.52. The summed E-state index contributed by atoms with van der Waals surface area (Å²) < 4.78 is 13.6. The predicted molar refractivity (Wildman–Crippen MR) is 63.0 cm³/mol. The lowest BCUT2D eigenvalue weighted by Gasteiger charge is -2.12. The van der Waals surface area contributed by atoms with Gasteiger partial charge in [-0.3, -0.25) is 0 Å². The second-order valence-electron chi connectivity index (χ2n) is 4.36. The number of nitrogens with two attached hydrogens (primary N) is 1. The number of benzene rings is 1. The standard InChI is InChI=1S/C12H15BrFN/c1-2-3-9-7-12(9,15)8-4-5-11(14)10(13)6-8/h4-6,9H,2-3,7,15H2,1H3. The fourth-order valence-electron chi connectivity index (χ4n) is 2.20. The van der Waals surface area contributed by atoms with Gasteiger partial charge in [-0.1, -0.05) is 19.4 Å². The monoisotopic (exact) mass is 271 g/mol. The molecule has 2 unspecified atom stereocenters. The molecule has 1 saturated carbocycles. The van der Waals surface area contributed by atoms with E-state index < -0.39 is 0 Å². The van der Waals surface area contributed by atoms with Crippen molar-refractivity contribution in [1.29, 1.82) is 0 Å². The molecule has 0 heterocycles. The van der Waals surface area contributed by atoms with Gasteiger partial charge in [-0.15, -0.1) is 0 Å². The second-order valence-corrected chi connectivity index (χ2v) is 5.21. The maximum atomic E-state index is 13.1. The van der Waals surface area contributed by atoms with Crippen LogP contribution in [0.25, 0.3) is 0 Å². The van der Waals surface area contributed by atoms with E-state index in [2.05, 4.69) is 22.9 Å². The summed E-state index contributed by atoms with van der Waals surface area (Å²) in [6, 6.07) is 5.09. The zero-order valence-corrected chi connectivity index (χ0v) is 10.3. The summed E-state index contributed by atoms with van der Waals surface area (Å²) in [6.45, 7) is 2.17. The molecule has 2 atom stereocenters. The van der Waals surface area contributed by atoms with Crippen LogP contribution in [0.3, 0.4) is 0 Å². The van der Waals surface area contributed by atoms with E-state index in [1.807, 2.05) is 6.07 Å². The second kappa shape index (κ2) is 3.87. The first-order valence-corrected chi connectivity index (χ1v) is 6.11. The molecule has 1 aliphatic carbocycles. The average Bonchev–Trinajstić information content (AvgIpc) is 2.84. The van der Waals surface area contributed by atoms with Gasteiger partial charge in [0.1, 0.15) is 5.82 Å². The number of halogens is 2. The van der Waals surface area contributed by atoms with Gasteiger partial charge in [0.25, 0.3) is 0 Å². The third kappa shape index (κ3) is 1.95. The number of hydrogen-bond acceptors (Lipinski definition) is 1. The zero-order chi connectivity index (χ0) is 11.1. The van der Waals surface area contributed by atoms with Crippen LogP contribution in [0.1, 0.15) is 31.7 Å². The topological polar surface area (TPSA) is 26.0 Å². The fraction of sp³-hybridized carbons (Fsp3) is 0.500. The van der Waals surface area contributed by atoms with E-state index in [9.17, 15) is 4.39 Å². The van der Waals surface area contributed by atoms with Gasteiger partial charge in [0.05, 0.1) is 4.47 Å². The molecule has 0 aliphatic heterocycles. The molecule has 1 aliphatic rings. The van der Waals surface area contributed by atoms with Crippen LogP contribution in [-0.4, -0.2) is 0 Å². The molecular formula is C12H15BrFN. The minimum absolute atomic E-state index is 0.202. The zero-order valence-electron chi connectivity index (χ0n) is 8.76. The molecule has 1 fully saturated rings. The van der Waals surface area contributed by atoms with Gasteiger partial charge in [-0.2, -0.15) is 0 Å². The Balaban J connectivity index is 2.21. The van der Waals surface area contributed by atoms with Gasteiger partial charge in [0, 0.05) is 5.54 Å². The maximum Gasteiger partial charge on any atom is 0.137 e. The van der Waals surface area contributed by atoms with Gasteiger partial charge in [0.15, 0.2) is 0 Å². The summed E-state index contributed by atoms with van der Waals surface area (Å²) in [5, 5.41) is 0. The van der Waals surface area contributed by atoms with Crippen molar-refractivity contribution in [2.45, 2.75) is 31.7 Å². The van der Waals surface area contributed by atoms with Gasteiger partial charge in [0.2, 0.25) is 0 Å². The van der Waals surface area contributed by atoms with Crippen LogP contribution >= 0.6 is 15.9 Å². The SMILES string of the molecule is CCCC1CC1(N)c1ccc(F)c(Br)c1. The van der Waals surface area contributed by atoms with Crippen LogP contribution in [0.4, 0.5) is 4.39 Å². The Bertz CT molecular complexity index is 380. The molecule has 15 heavy (non-hydrogen) atoms. The highest BCUT2D eigenvalue weighted by atomic mass is 79.9. The Morgan fingerprint density at radius 1 is 1.60 bits per heavy atom. The molecule has 82 valence electrons. The van der Waals surface area contributed by atoms with Crippen molar-refractivity contribution in [2.75, 3.05) is 0 Å². The highest BCUT2D eigenvalue weighted by molar-refractivity contribution is 9.10. The molecule has 2 rings (SSSR count). The van der Waals surface area contributed by atoms with Crippen LogP contribution in [0.5, 0.6) is 0 Å². The molecule has 1 aromatic carbocycles. The third-order valence-electron chi connectivity index (χ3n) is 3.25. The van der Waals surface area contributed by atoms with Gasteiger partial charge in [-0.05, 0) is 52.4 Å². The lowest BCUT2D eigenvalue weighted by atomic mass is 10.0. The van der Waals surface area contributed by atoms with E-state index in [4.69, 9.17) is 5.73 Å². The Kier molecular flexibility index (Phi) is 2.86. The fourth-order valence-corrected chi connectivity index (χ4v) is 2.57. The highest BCUT2D eigenvalue weighted by Gasteiger charge is 2.51.